The molecule has 0 heterocycles. The second-order valence-electron chi connectivity index (χ2n) is 11.0. The van der Waals surface area contributed by atoms with Crippen LogP contribution in [0.5, 0.6) is 0 Å². The van der Waals surface area contributed by atoms with E-state index in [1.165, 1.54) is 5.69 Å². The first kappa shape index (κ1) is 26.2. The number of anilines is 2. The van der Waals surface area contributed by atoms with Gasteiger partial charge >= 0.3 is 0 Å². The summed E-state index contributed by atoms with van der Waals surface area (Å²) >= 11 is 0. The Labute approximate surface area is 182 Å². The van der Waals surface area contributed by atoms with E-state index in [2.05, 4.69) is 102 Å². The largest absolute Gasteiger partial charge is 0.415 e. The highest BCUT2D eigenvalue weighted by atomic mass is 28.4. The number of benzene rings is 1. The molecule has 0 saturated carbocycles. The van der Waals surface area contributed by atoms with E-state index in [1.54, 1.807) is 0 Å². The summed E-state index contributed by atoms with van der Waals surface area (Å²) in [6, 6.07) is 8.63. The molecule has 6 heteroatoms. The van der Waals surface area contributed by atoms with Crippen LogP contribution in [0.3, 0.4) is 0 Å². The molecule has 29 heavy (non-hydrogen) atoms. The van der Waals surface area contributed by atoms with Crippen LogP contribution in [0.4, 0.5) is 11.4 Å². The zero-order chi connectivity index (χ0) is 22.5. The molecule has 1 rings (SSSR count). The normalized spacial score (nSPS) is 13.5. The monoisotopic (exact) mass is 438 g/mol. The third-order valence-corrected chi connectivity index (χ3v) is 15.9. The van der Waals surface area contributed by atoms with Gasteiger partial charge in [-0.15, -0.1) is 0 Å². The Hall–Kier alpha value is -0.826. The minimum Gasteiger partial charge on any atom is -0.415 e. The highest BCUT2D eigenvalue weighted by Crippen LogP contribution is 2.37. The summed E-state index contributed by atoms with van der Waals surface area (Å²) < 4.78 is 12.9. The number of nitrogens with one attached hydrogen (secondary N) is 1. The molecule has 1 aromatic rings. The molecule has 0 saturated heterocycles. The van der Waals surface area contributed by atoms with Crippen LogP contribution in [0.2, 0.25) is 36.3 Å². The van der Waals surface area contributed by atoms with Crippen molar-refractivity contribution < 1.29 is 8.85 Å². The van der Waals surface area contributed by atoms with Crippen LogP contribution in [0.25, 0.3) is 0 Å². The van der Waals surface area contributed by atoms with Gasteiger partial charge in [0.1, 0.15) is 0 Å². The molecule has 1 aromatic carbocycles. The second kappa shape index (κ2) is 9.99. The number of hydrogen-bond acceptors (Lipinski definition) is 4. The van der Waals surface area contributed by atoms with Gasteiger partial charge in [-0.1, -0.05) is 41.5 Å². The molecule has 1 N–H and O–H groups in total. The van der Waals surface area contributed by atoms with Gasteiger partial charge < -0.3 is 19.1 Å². The smallest absolute Gasteiger partial charge is 0.192 e. The molecule has 0 aromatic heterocycles. The van der Waals surface area contributed by atoms with Crippen LogP contribution in [-0.2, 0) is 8.85 Å². The minimum absolute atomic E-state index is 0.234. The van der Waals surface area contributed by atoms with Crippen molar-refractivity contribution in [2.75, 3.05) is 43.6 Å². The van der Waals surface area contributed by atoms with Crippen molar-refractivity contribution in [2.24, 2.45) is 0 Å². The van der Waals surface area contributed by atoms with E-state index in [-0.39, 0.29) is 10.1 Å². The molecule has 0 aliphatic rings. The van der Waals surface area contributed by atoms with Crippen molar-refractivity contribution in [3.8, 4) is 0 Å². The van der Waals surface area contributed by atoms with Crippen LogP contribution < -0.4 is 10.2 Å². The maximum Gasteiger partial charge on any atom is 0.192 e. The van der Waals surface area contributed by atoms with Gasteiger partial charge in [0.05, 0.1) is 13.2 Å². The molecule has 0 aliphatic heterocycles. The number of hydrogen-bond donors (Lipinski definition) is 1. The number of nitrogens with zero attached hydrogens (tertiary/aromatic N) is 1. The lowest BCUT2D eigenvalue weighted by Crippen LogP contribution is -2.44. The minimum atomic E-state index is -1.73. The average molecular weight is 439 g/mol. The lowest BCUT2D eigenvalue weighted by molar-refractivity contribution is 0.276. The summed E-state index contributed by atoms with van der Waals surface area (Å²) in [6.45, 7) is 26.3. The van der Waals surface area contributed by atoms with Crippen LogP contribution in [0, 0.1) is 0 Å². The van der Waals surface area contributed by atoms with Gasteiger partial charge in [-0.25, -0.2) is 0 Å². The Bertz CT molecular complexity index is 585. The lowest BCUT2D eigenvalue weighted by atomic mass is 10.2. The summed E-state index contributed by atoms with van der Waals surface area (Å²) in [6.07, 6.45) is 0. The fourth-order valence-corrected chi connectivity index (χ4v) is 4.53. The predicted octanol–water partition coefficient (Wildman–Crippen LogP) is 6.58. The summed E-state index contributed by atoms with van der Waals surface area (Å²) in [5.74, 6) is 0. The molecule has 168 valence electrons. The van der Waals surface area contributed by atoms with Crippen molar-refractivity contribution in [3.05, 3.63) is 24.3 Å². The van der Waals surface area contributed by atoms with Gasteiger partial charge in [-0.05, 0) is 60.5 Å². The van der Waals surface area contributed by atoms with E-state index in [4.69, 9.17) is 8.85 Å². The molecule has 4 nitrogen and oxygen atoms in total. The van der Waals surface area contributed by atoms with Crippen molar-refractivity contribution >= 4 is 28.0 Å². The Balaban J connectivity index is 2.81. The van der Waals surface area contributed by atoms with E-state index in [0.29, 0.717) is 0 Å². The van der Waals surface area contributed by atoms with E-state index >= 15 is 0 Å². The highest BCUT2D eigenvalue weighted by molar-refractivity contribution is 6.74. The van der Waals surface area contributed by atoms with Crippen LogP contribution >= 0.6 is 0 Å². The van der Waals surface area contributed by atoms with Crippen LogP contribution in [0.1, 0.15) is 41.5 Å². The molecule has 0 spiro atoms. The van der Waals surface area contributed by atoms with E-state index < -0.39 is 16.6 Å². The van der Waals surface area contributed by atoms with Gasteiger partial charge in [0.2, 0.25) is 0 Å². The fraction of sp³-hybridized carbons (Fsp3) is 0.739. The maximum absolute atomic E-state index is 6.45. The first-order valence-electron chi connectivity index (χ1n) is 10.9. The Morgan fingerprint density at radius 2 is 1.14 bits per heavy atom. The molecular formula is C23H46N2O2Si2. The van der Waals surface area contributed by atoms with Gasteiger partial charge in [-0.2, -0.15) is 0 Å². The average Bonchev–Trinajstić information content (AvgIpc) is 2.58. The third kappa shape index (κ3) is 7.74. The maximum atomic E-state index is 6.45. The van der Waals surface area contributed by atoms with Crippen LogP contribution in [-0.4, -0.2) is 50.0 Å². The molecule has 0 fully saturated rings. The van der Waals surface area contributed by atoms with Crippen molar-refractivity contribution in [1.29, 1.82) is 0 Å². The van der Waals surface area contributed by atoms with Crippen molar-refractivity contribution in [2.45, 2.75) is 77.8 Å². The van der Waals surface area contributed by atoms with Gasteiger partial charge in [0.25, 0.3) is 0 Å². The number of rotatable bonds is 10. The zero-order valence-corrected chi connectivity index (χ0v) is 22.9. The standard InChI is InChI=1S/C23H46N2O2Si2/c1-22(2,3)28(8,9)26-18-16-25(21-14-12-20(24-7)13-15-21)17-19-27-29(10,11)23(4,5)6/h12-15,24H,16-19H2,1-11H3. The van der Waals surface area contributed by atoms with E-state index in [9.17, 15) is 0 Å². The van der Waals surface area contributed by atoms with Crippen LogP contribution in [0.15, 0.2) is 24.3 Å². The zero-order valence-electron chi connectivity index (χ0n) is 20.9. The molecule has 0 unspecified atom stereocenters. The Morgan fingerprint density at radius 1 is 0.759 bits per heavy atom. The lowest BCUT2D eigenvalue weighted by Gasteiger charge is -2.38. The molecule has 0 amide bonds. The molecule has 0 atom stereocenters. The predicted molar refractivity (Wildman–Crippen MR) is 134 cm³/mol. The Morgan fingerprint density at radius 3 is 1.45 bits per heavy atom. The molecule has 0 radical (unpaired) electrons. The molecular weight excluding hydrogens is 392 g/mol. The first-order chi connectivity index (χ1) is 13.1. The van der Waals surface area contributed by atoms with Gasteiger partial charge in [0.15, 0.2) is 16.6 Å². The summed E-state index contributed by atoms with van der Waals surface area (Å²) in [5.41, 5.74) is 2.35. The van der Waals surface area contributed by atoms with E-state index in [1.807, 2.05) is 7.05 Å². The van der Waals surface area contributed by atoms with Gasteiger partial charge in [0, 0.05) is 31.5 Å². The van der Waals surface area contributed by atoms with E-state index in [0.717, 1.165) is 32.0 Å². The topological polar surface area (TPSA) is 33.7 Å². The highest BCUT2D eigenvalue weighted by Gasteiger charge is 2.38. The molecule has 0 bridgehead atoms. The Kier molecular flexibility index (Phi) is 9.03. The summed E-state index contributed by atoms with van der Waals surface area (Å²) in [5, 5.41) is 3.66. The first-order valence-corrected chi connectivity index (χ1v) is 16.7. The fourth-order valence-electron chi connectivity index (χ4n) is 2.46. The van der Waals surface area contributed by atoms with Gasteiger partial charge in [-0.3, -0.25) is 0 Å². The third-order valence-electron chi connectivity index (χ3n) is 6.78. The second-order valence-corrected chi connectivity index (χ2v) is 20.6. The SMILES string of the molecule is CNc1ccc(N(CCO[Si](C)(C)C(C)(C)C)CCO[Si](C)(C)C(C)(C)C)cc1. The van der Waals surface area contributed by atoms with Crippen molar-refractivity contribution in [3.63, 3.8) is 0 Å². The molecule has 0 aliphatic carbocycles. The summed E-state index contributed by atoms with van der Waals surface area (Å²) in [4.78, 5) is 2.40. The quantitative estimate of drug-likeness (QED) is 0.418. The van der Waals surface area contributed by atoms with Crippen molar-refractivity contribution in [1.82, 2.24) is 0 Å². The summed E-state index contributed by atoms with van der Waals surface area (Å²) in [7, 11) is -1.52.